The number of carbonyl (C=O) groups is 2. The third-order valence-corrected chi connectivity index (χ3v) is 11.2. The summed E-state index contributed by atoms with van der Waals surface area (Å²) in [6.07, 6.45) is 4.16. The van der Waals surface area contributed by atoms with Crippen LogP contribution < -0.4 is 40.7 Å². The number of hydrogen-bond acceptors (Lipinski definition) is 13. The van der Waals surface area contributed by atoms with Gasteiger partial charge in [-0.05, 0) is 72.5 Å². The molecule has 8 rings (SSSR count). The molecule has 0 radical (unpaired) electrons. The topological polar surface area (TPSA) is 393 Å². The molecule has 2 fully saturated rings. The molecule has 0 bridgehead atoms. The zero-order valence-electron chi connectivity index (χ0n) is 36.4. The summed E-state index contributed by atoms with van der Waals surface area (Å²) >= 11 is 0. The number of nitrogens with two attached hydrogens (primary N) is 3. The van der Waals surface area contributed by atoms with Crippen molar-refractivity contribution in [3.63, 3.8) is 0 Å². The third kappa shape index (κ3) is 14.6. The predicted molar refractivity (Wildman–Crippen MR) is 230 cm³/mol. The first kappa shape index (κ1) is 52.7. The number of quaternary nitrogens is 3. The molecule has 5 aliphatic heterocycles. The Labute approximate surface area is 378 Å². The van der Waals surface area contributed by atoms with Crippen LogP contribution in [0.1, 0.15) is 51.2 Å². The molecule has 2 amide bonds. The van der Waals surface area contributed by atoms with Crippen molar-refractivity contribution in [2.24, 2.45) is 21.8 Å². The first-order valence-corrected chi connectivity index (χ1v) is 25.0. The number of methoxy groups -OCH3 is 2. The van der Waals surface area contributed by atoms with Crippen LogP contribution in [0.3, 0.4) is 0 Å². The lowest BCUT2D eigenvalue weighted by molar-refractivity contribution is -0.667. The monoisotopic (exact) mass is 985 g/mol. The minimum absolute atomic E-state index is 0.0258. The maximum atomic E-state index is 13.9. The Hall–Kier alpha value is -4.29. The van der Waals surface area contributed by atoms with Crippen LogP contribution in [0.5, 0.6) is 5.75 Å². The van der Waals surface area contributed by atoms with E-state index in [1.165, 1.54) is 12.7 Å². The lowest BCUT2D eigenvalue weighted by Gasteiger charge is -2.32. The highest BCUT2D eigenvalue weighted by atomic mass is 31.2. The van der Waals surface area contributed by atoms with Gasteiger partial charge in [0, 0.05) is 42.0 Å². The minimum atomic E-state index is -4.89. The van der Waals surface area contributed by atoms with Gasteiger partial charge in [-0.25, -0.2) is 4.79 Å². The van der Waals surface area contributed by atoms with Crippen molar-refractivity contribution < 1.29 is 97.5 Å². The largest absolute Gasteiger partial charge is 0.756 e. The maximum absolute atomic E-state index is 13.9. The highest BCUT2D eigenvalue weighted by Gasteiger charge is 2.45. The Morgan fingerprint density at radius 1 is 0.924 bits per heavy atom. The van der Waals surface area contributed by atoms with E-state index in [0.29, 0.717) is 18.6 Å². The predicted octanol–water partition coefficient (Wildman–Crippen LogP) is -2.41. The molecular weight excluding hydrogens is 931 g/mol. The molecule has 0 spiro atoms. The normalized spacial score (nSPS) is 21.3. The molecule has 24 nitrogen and oxygen atoms in total. The number of aliphatic imine (C=N–C) groups is 2. The molecule has 5 aliphatic rings. The van der Waals surface area contributed by atoms with Crippen molar-refractivity contribution in [2.45, 2.75) is 70.8 Å². The van der Waals surface area contributed by atoms with E-state index in [0.717, 1.165) is 94.4 Å². The summed E-state index contributed by atoms with van der Waals surface area (Å²) in [5, 5.41) is 11.7. The van der Waals surface area contributed by atoms with E-state index in [9.17, 15) is 9.59 Å². The highest BCUT2D eigenvalue weighted by Crippen LogP contribution is 2.44. The average Bonchev–Trinajstić information content (AvgIpc) is 4.03. The Morgan fingerprint density at radius 3 is 2.21 bits per heavy atom. The number of nitrogens with one attached hydrogen (secondary N) is 1. The van der Waals surface area contributed by atoms with Crippen LogP contribution >= 0.6 is 23.5 Å². The van der Waals surface area contributed by atoms with Gasteiger partial charge in [0.25, 0.3) is 29.3 Å². The van der Waals surface area contributed by atoms with E-state index >= 15 is 0 Å². The summed E-state index contributed by atoms with van der Waals surface area (Å²) in [4.78, 5) is 107. The summed E-state index contributed by atoms with van der Waals surface area (Å²) in [6.45, 7) is 8.30. The van der Waals surface area contributed by atoms with Crippen LogP contribution in [-0.2, 0) is 34.6 Å². The molecule has 3 aromatic carbocycles. The van der Waals surface area contributed by atoms with Crippen LogP contribution in [0.2, 0.25) is 0 Å². The number of amides is 2. The van der Waals surface area contributed by atoms with Gasteiger partial charge >= 0.3 is 6.09 Å². The Bertz CT molecular complexity index is 2470. The Morgan fingerprint density at radius 2 is 1.59 bits per heavy atom. The van der Waals surface area contributed by atoms with Crippen molar-refractivity contribution in [1.29, 1.82) is 0 Å². The van der Waals surface area contributed by atoms with Gasteiger partial charge in [-0.2, -0.15) is 9.98 Å². The van der Waals surface area contributed by atoms with Gasteiger partial charge in [-0.3, -0.25) is 29.1 Å². The quantitative estimate of drug-likeness (QED) is 0.0830. The highest BCUT2D eigenvalue weighted by molar-refractivity contribution is 7.44. The molecular formula is C39H54N7O17P3. The summed E-state index contributed by atoms with van der Waals surface area (Å²) in [7, 11) is -11.6. The first-order chi connectivity index (χ1) is 30.7. The van der Waals surface area contributed by atoms with Gasteiger partial charge in [-0.15, -0.1) is 0 Å². The van der Waals surface area contributed by atoms with Gasteiger partial charge in [0.1, 0.15) is 30.1 Å². The van der Waals surface area contributed by atoms with E-state index in [1.54, 1.807) is 7.11 Å². The fraction of sp³-hybridized carbons (Fsp3) is 0.436. The number of hydrogen-bond donors (Lipinski definition) is 10. The second-order valence-electron chi connectivity index (χ2n) is 16.3. The number of nitrogens with zero attached hydrogens (tertiary/aromatic N) is 3. The zero-order valence-corrected chi connectivity index (χ0v) is 39.1. The van der Waals surface area contributed by atoms with E-state index in [2.05, 4.69) is 70.7 Å². The molecule has 0 aliphatic carbocycles. The maximum Gasteiger partial charge on any atom is 0.407 e. The summed E-state index contributed by atoms with van der Waals surface area (Å²) in [6, 6.07) is 14.8. The Balaban J connectivity index is 0.000000474. The van der Waals surface area contributed by atoms with Crippen molar-refractivity contribution in [2.75, 3.05) is 27.4 Å². The van der Waals surface area contributed by atoms with Crippen molar-refractivity contribution >= 4 is 75.0 Å². The van der Waals surface area contributed by atoms with Crippen molar-refractivity contribution in [3.8, 4) is 16.9 Å². The van der Waals surface area contributed by atoms with Gasteiger partial charge in [0.2, 0.25) is 11.7 Å². The SMILES string of the molecule is COC[C@@H]1C[NH2+][C@H](C2=NC=C(c3ccc4c(c3)COc3cc5c6c(ccc5cc3-4)N=C([C@@H]3CC[C@H](C)N3C(=O)[C@@H](NC(=O)OC)C(C)C)[NH2+]6)[NH2+]2)C1.O=P([O-])(O)O.O=P([O-])(O)O.O=P([O-])(O)O. The van der Waals surface area contributed by atoms with Gasteiger partial charge in [0.15, 0.2) is 17.4 Å². The minimum Gasteiger partial charge on any atom is -0.756 e. The van der Waals surface area contributed by atoms with Crippen LogP contribution in [0.25, 0.3) is 27.6 Å². The number of fused-ring (bicyclic) bond motifs is 6. The second kappa shape index (κ2) is 21.8. The lowest BCUT2D eigenvalue weighted by atomic mass is 9.92. The number of ether oxygens (including phenoxy) is 3. The summed E-state index contributed by atoms with van der Waals surface area (Å²) in [5.41, 5.74) is 7.66. The molecule has 5 heterocycles. The lowest BCUT2D eigenvalue weighted by Crippen LogP contribution is -2.98. The van der Waals surface area contributed by atoms with Crippen LogP contribution in [-0.4, -0.2) is 109 Å². The molecule has 13 N–H and O–H groups in total. The smallest absolute Gasteiger partial charge is 0.407 e. The Kier molecular flexibility index (Phi) is 17.4. The van der Waals surface area contributed by atoms with Gasteiger partial charge in [-0.1, -0.05) is 26.0 Å². The number of amidine groups is 2. The first-order valence-electron chi connectivity index (χ1n) is 20.4. The van der Waals surface area contributed by atoms with E-state index in [1.807, 2.05) is 24.9 Å². The van der Waals surface area contributed by atoms with Crippen molar-refractivity contribution in [1.82, 2.24) is 10.2 Å². The molecule has 3 aromatic rings. The average molecular weight is 986 g/mol. The number of likely N-dealkylation sites (tertiary alicyclic amines) is 1. The van der Waals surface area contributed by atoms with Crippen LogP contribution in [0.4, 0.5) is 16.2 Å². The molecule has 0 aromatic heterocycles. The van der Waals surface area contributed by atoms with Gasteiger partial charge in [0.05, 0.1) is 26.5 Å². The standard InChI is InChI=1S/C39H45N7O5.3H3O4P/c1-20(2)34(45-39(48)50-5)38(47)46-21(3)6-11-32(46)37-42-29-10-8-23-14-28-26-9-7-24(13-25(26)19-51-33(28)15-27(23)35(29)44-37)31-17-41-36(43-31)30-12-22(16-40-30)18-49-4;3*1-5(2,3)4/h7-10,13-15,17,20-22,30,32,34,40H,6,11-12,16,18-19H2,1-5H3,(H,41,43)(H,42,44)(H,45,48);3*(H3,1,2,3,4)/t21-,22-,30-,32-,34-;;;/m0.../s1. The summed E-state index contributed by atoms with van der Waals surface area (Å²) in [5.74, 6) is 3.24. The fourth-order valence-electron chi connectivity index (χ4n) is 8.51. The number of phosphoric acid groups is 3. The number of rotatable bonds is 8. The van der Waals surface area contributed by atoms with E-state index < -0.39 is 35.6 Å². The molecule has 0 saturated carbocycles. The number of benzene rings is 3. The fourth-order valence-corrected chi connectivity index (χ4v) is 8.51. The number of alkyl carbamates (subject to hydrolysis) is 1. The summed E-state index contributed by atoms with van der Waals surface area (Å²) < 4.78 is 42.9. The van der Waals surface area contributed by atoms with Crippen LogP contribution in [0.15, 0.2) is 58.6 Å². The molecule has 2 saturated heterocycles. The van der Waals surface area contributed by atoms with Crippen LogP contribution in [0, 0.1) is 11.8 Å². The molecule has 362 valence electrons. The van der Waals surface area contributed by atoms with E-state index in [4.69, 9.17) is 81.9 Å². The molecule has 5 atom stereocenters. The van der Waals surface area contributed by atoms with Gasteiger partial charge < -0.3 is 73.8 Å². The second-order valence-corrected chi connectivity index (χ2v) is 19.3. The van der Waals surface area contributed by atoms with E-state index in [-0.39, 0.29) is 23.9 Å². The number of carbonyl (C=O) groups excluding carboxylic acids is 2. The molecule has 0 unspecified atom stereocenters. The molecule has 27 heteroatoms. The third-order valence-electron chi connectivity index (χ3n) is 11.2. The zero-order chi connectivity index (χ0) is 48.9. The van der Waals surface area contributed by atoms with Crippen molar-refractivity contribution in [3.05, 3.63) is 59.8 Å². The molecule has 66 heavy (non-hydrogen) atoms.